The molecule has 2 N–H and O–H groups in total. The fourth-order valence-corrected chi connectivity index (χ4v) is 1.96. The van der Waals surface area contributed by atoms with Crippen molar-refractivity contribution < 1.29 is 10.2 Å². The summed E-state index contributed by atoms with van der Waals surface area (Å²) in [6.07, 6.45) is -0.799. The van der Waals surface area contributed by atoms with Crippen LogP contribution in [0.25, 0.3) is 0 Å². The lowest BCUT2D eigenvalue weighted by Crippen LogP contribution is -2.33. The summed E-state index contributed by atoms with van der Waals surface area (Å²) in [6.45, 7) is 3.12. The van der Waals surface area contributed by atoms with Gasteiger partial charge in [-0.05, 0) is 26.0 Å². The Bertz CT molecular complexity index is 268. The summed E-state index contributed by atoms with van der Waals surface area (Å²) in [4.78, 5) is 0.683. The van der Waals surface area contributed by atoms with Gasteiger partial charge in [0.25, 0.3) is 0 Å². The highest BCUT2D eigenvalue weighted by Crippen LogP contribution is 2.32. The van der Waals surface area contributed by atoms with Crippen LogP contribution in [0.4, 0.5) is 0 Å². The maximum atomic E-state index is 9.78. The van der Waals surface area contributed by atoms with Gasteiger partial charge in [0.15, 0.2) is 0 Å². The Labute approximate surface area is 80.4 Å². The van der Waals surface area contributed by atoms with Gasteiger partial charge in [0.05, 0.1) is 10.4 Å². The predicted molar refractivity (Wildman–Crippen MR) is 50.6 cm³/mol. The lowest BCUT2D eigenvalue weighted by atomic mass is 9.99. The summed E-state index contributed by atoms with van der Waals surface area (Å²) in [5.41, 5.74) is -1.20. The molecule has 0 saturated heterocycles. The number of halogens is 1. The van der Waals surface area contributed by atoms with Gasteiger partial charge >= 0.3 is 0 Å². The molecule has 4 heteroatoms. The predicted octanol–water partition coefficient (Wildman–Crippen LogP) is 1.99. The first-order valence-corrected chi connectivity index (χ1v) is 4.80. The molecule has 0 amide bonds. The minimum atomic E-state index is -1.20. The summed E-state index contributed by atoms with van der Waals surface area (Å²) in [7, 11) is 0. The first-order chi connectivity index (χ1) is 5.44. The van der Waals surface area contributed by atoms with E-state index in [1.807, 2.05) is 0 Å². The molecule has 0 fully saturated rings. The molecule has 2 nitrogen and oxygen atoms in total. The first kappa shape index (κ1) is 9.99. The topological polar surface area (TPSA) is 40.5 Å². The summed E-state index contributed by atoms with van der Waals surface area (Å²) >= 11 is 6.98. The third-order valence-corrected chi connectivity index (χ3v) is 3.34. The summed E-state index contributed by atoms with van der Waals surface area (Å²) in [5.74, 6) is 0. The second-order valence-corrected chi connectivity index (χ2v) is 4.64. The van der Waals surface area contributed by atoms with E-state index in [2.05, 4.69) is 0 Å². The smallest absolute Gasteiger partial charge is 0.121 e. The van der Waals surface area contributed by atoms with Gasteiger partial charge in [0.2, 0.25) is 0 Å². The van der Waals surface area contributed by atoms with E-state index in [0.717, 1.165) is 0 Å². The van der Waals surface area contributed by atoms with Crippen molar-refractivity contribution >= 4 is 22.9 Å². The Morgan fingerprint density at radius 3 is 2.50 bits per heavy atom. The third-order valence-electron chi connectivity index (χ3n) is 1.89. The minimum absolute atomic E-state index is 0.617. The molecular weight excluding hydrogens is 196 g/mol. The van der Waals surface area contributed by atoms with Gasteiger partial charge in [0.1, 0.15) is 5.60 Å². The Balaban J connectivity index is 2.97. The van der Waals surface area contributed by atoms with Crippen molar-refractivity contribution in [2.75, 3.05) is 0 Å². The normalized spacial score (nSPS) is 18.8. The zero-order valence-electron chi connectivity index (χ0n) is 6.91. The molecule has 0 bridgehead atoms. The summed E-state index contributed by atoms with van der Waals surface area (Å²) in [5, 5.41) is 19.0. The second-order valence-electron chi connectivity index (χ2n) is 2.93. The van der Waals surface area contributed by atoms with Crippen LogP contribution in [0.3, 0.4) is 0 Å². The van der Waals surface area contributed by atoms with Crippen molar-refractivity contribution in [2.45, 2.75) is 25.6 Å². The highest BCUT2D eigenvalue weighted by molar-refractivity contribution is 7.16. The zero-order chi connectivity index (χ0) is 9.35. The molecule has 2 atom stereocenters. The van der Waals surface area contributed by atoms with Gasteiger partial charge in [-0.1, -0.05) is 11.6 Å². The average Bonchev–Trinajstić information content (AvgIpc) is 2.35. The fraction of sp³-hybridized carbons (Fsp3) is 0.500. The van der Waals surface area contributed by atoms with Crippen LogP contribution >= 0.6 is 22.9 Å². The van der Waals surface area contributed by atoms with Gasteiger partial charge < -0.3 is 10.2 Å². The Kier molecular flexibility index (Phi) is 2.78. The fourth-order valence-electron chi connectivity index (χ4n) is 0.792. The molecule has 1 heterocycles. The first-order valence-electron chi connectivity index (χ1n) is 3.61. The van der Waals surface area contributed by atoms with E-state index in [-0.39, 0.29) is 0 Å². The highest BCUT2D eigenvalue weighted by Gasteiger charge is 2.30. The van der Waals surface area contributed by atoms with Crippen LogP contribution in [-0.4, -0.2) is 16.3 Å². The molecule has 0 aromatic carbocycles. The Morgan fingerprint density at radius 1 is 1.58 bits per heavy atom. The maximum absolute atomic E-state index is 9.78. The van der Waals surface area contributed by atoms with E-state index < -0.39 is 11.7 Å². The van der Waals surface area contributed by atoms with Crippen LogP contribution in [0.5, 0.6) is 0 Å². The van der Waals surface area contributed by atoms with Crippen molar-refractivity contribution in [1.82, 2.24) is 0 Å². The molecule has 0 spiro atoms. The van der Waals surface area contributed by atoms with E-state index in [9.17, 15) is 10.2 Å². The standard InChI is InChI=1S/C8H11ClO2S/c1-5(10)8(2,11)6-3-4-7(9)12-6/h3-5,10-11H,1-2H3. The van der Waals surface area contributed by atoms with Gasteiger partial charge in [-0.2, -0.15) is 0 Å². The third kappa shape index (κ3) is 1.80. The molecule has 68 valence electrons. The van der Waals surface area contributed by atoms with Gasteiger partial charge in [-0.25, -0.2) is 0 Å². The Morgan fingerprint density at radius 2 is 2.17 bits per heavy atom. The average molecular weight is 207 g/mol. The van der Waals surface area contributed by atoms with Crippen LogP contribution in [0.15, 0.2) is 12.1 Å². The molecule has 0 saturated carbocycles. The molecule has 1 rings (SSSR count). The van der Waals surface area contributed by atoms with Crippen LogP contribution in [0.1, 0.15) is 18.7 Å². The molecule has 1 aromatic rings. The second kappa shape index (κ2) is 3.34. The van der Waals surface area contributed by atoms with E-state index in [4.69, 9.17) is 11.6 Å². The lowest BCUT2D eigenvalue weighted by Gasteiger charge is -2.24. The summed E-state index contributed by atoms with van der Waals surface area (Å²) in [6, 6.07) is 3.43. The van der Waals surface area contributed by atoms with E-state index in [1.54, 1.807) is 26.0 Å². The largest absolute Gasteiger partial charge is 0.390 e. The van der Waals surface area contributed by atoms with Gasteiger partial charge in [-0.3, -0.25) is 0 Å². The molecule has 1 aromatic heterocycles. The van der Waals surface area contributed by atoms with Crippen molar-refractivity contribution in [3.8, 4) is 0 Å². The lowest BCUT2D eigenvalue weighted by molar-refractivity contribution is -0.0543. The number of hydrogen-bond acceptors (Lipinski definition) is 3. The number of aliphatic hydroxyl groups is 2. The molecule has 0 aliphatic rings. The van der Waals surface area contributed by atoms with Crippen LogP contribution in [-0.2, 0) is 5.60 Å². The Hall–Kier alpha value is -0.0900. The van der Waals surface area contributed by atoms with Crippen molar-refractivity contribution in [2.24, 2.45) is 0 Å². The molecule has 0 aliphatic heterocycles. The minimum Gasteiger partial charge on any atom is -0.390 e. The number of rotatable bonds is 2. The maximum Gasteiger partial charge on any atom is 0.121 e. The van der Waals surface area contributed by atoms with E-state index in [0.29, 0.717) is 9.21 Å². The number of aliphatic hydroxyl groups excluding tert-OH is 1. The van der Waals surface area contributed by atoms with Crippen molar-refractivity contribution in [3.05, 3.63) is 21.3 Å². The SMILES string of the molecule is CC(O)C(C)(O)c1ccc(Cl)s1. The highest BCUT2D eigenvalue weighted by atomic mass is 35.5. The van der Waals surface area contributed by atoms with E-state index >= 15 is 0 Å². The molecule has 12 heavy (non-hydrogen) atoms. The quantitative estimate of drug-likeness (QED) is 0.777. The van der Waals surface area contributed by atoms with Crippen molar-refractivity contribution in [3.63, 3.8) is 0 Å². The summed E-state index contributed by atoms with van der Waals surface area (Å²) < 4.78 is 0.617. The molecule has 0 radical (unpaired) electrons. The monoisotopic (exact) mass is 206 g/mol. The van der Waals surface area contributed by atoms with Crippen LogP contribution < -0.4 is 0 Å². The van der Waals surface area contributed by atoms with Crippen LogP contribution in [0.2, 0.25) is 4.34 Å². The zero-order valence-corrected chi connectivity index (χ0v) is 8.49. The van der Waals surface area contributed by atoms with Gasteiger partial charge in [0, 0.05) is 4.88 Å². The van der Waals surface area contributed by atoms with Gasteiger partial charge in [-0.15, -0.1) is 11.3 Å². The molecule has 0 aliphatic carbocycles. The number of hydrogen-bond donors (Lipinski definition) is 2. The molecular formula is C8H11ClO2S. The molecule has 2 unspecified atom stereocenters. The van der Waals surface area contributed by atoms with Crippen LogP contribution in [0, 0.1) is 0 Å². The number of thiophene rings is 1. The van der Waals surface area contributed by atoms with E-state index in [1.165, 1.54) is 11.3 Å². The van der Waals surface area contributed by atoms with Crippen molar-refractivity contribution in [1.29, 1.82) is 0 Å².